The number of amides is 1. The zero-order valence-corrected chi connectivity index (χ0v) is 11.6. The third-order valence-electron chi connectivity index (χ3n) is 2.87. The van der Waals surface area contributed by atoms with Crippen LogP contribution in [-0.4, -0.2) is 49.4 Å². The quantitative estimate of drug-likeness (QED) is 0.448. The van der Waals surface area contributed by atoms with Crippen LogP contribution in [0.15, 0.2) is 0 Å². The normalized spacial score (nSPS) is 12.0. The first-order valence-corrected chi connectivity index (χ1v) is 6.09. The summed E-state index contributed by atoms with van der Waals surface area (Å²) in [7, 11) is 0. The SMILES string of the molecule is Cc1nn(CC(=O)N[C@H](CCO)C(=O)O)c(C)c1[N+](=O)[O-]. The number of aryl methyl sites for hydroxylation is 1. The van der Waals surface area contributed by atoms with E-state index in [4.69, 9.17) is 10.2 Å². The molecule has 1 aromatic heterocycles. The Morgan fingerprint density at radius 1 is 1.48 bits per heavy atom. The lowest BCUT2D eigenvalue weighted by molar-refractivity contribution is -0.386. The van der Waals surface area contributed by atoms with Crippen molar-refractivity contribution in [2.75, 3.05) is 6.61 Å². The summed E-state index contributed by atoms with van der Waals surface area (Å²) in [4.78, 5) is 32.9. The van der Waals surface area contributed by atoms with Gasteiger partial charge < -0.3 is 15.5 Å². The minimum Gasteiger partial charge on any atom is -0.480 e. The van der Waals surface area contributed by atoms with Crippen LogP contribution in [0, 0.1) is 24.0 Å². The van der Waals surface area contributed by atoms with E-state index in [1.165, 1.54) is 13.8 Å². The highest BCUT2D eigenvalue weighted by Gasteiger charge is 2.24. The molecular formula is C11H16N4O6. The molecule has 0 aromatic carbocycles. The van der Waals surface area contributed by atoms with Gasteiger partial charge in [0.2, 0.25) is 5.91 Å². The van der Waals surface area contributed by atoms with Crippen LogP contribution in [0.2, 0.25) is 0 Å². The number of rotatable bonds is 7. The summed E-state index contributed by atoms with van der Waals surface area (Å²) in [5.41, 5.74) is 0.213. The van der Waals surface area contributed by atoms with Gasteiger partial charge in [0, 0.05) is 13.0 Å². The Balaban J connectivity index is 2.82. The molecule has 10 nitrogen and oxygen atoms in total. The van der Waals surface area contributed by atoms with Crippen LogP contribution in [0.1, 0.15) is 17.8 Å². The number of aliphatic hydroxyl groups is 1. The Bertz CT molecular complexity index is 567. The molecule has 10 heteroatoms. The van der Waals surface area contributed by atoms with Crippen LogP contribution in [0.4, 0.5) is 5.69 Å². The fraction of sp³-hybridized carbons (Fsp3) is 0.545. The van der Waals surface area contributed by atoms with E-state index in [9.17, 15) is 19.7 Å². The Morgan fingerprint density at radius 2 is 2.10 bits per heavy atom. The molecule has 1 aromatic rings. The molecule has 0 aliphatic heterocycles. The van der Waals surface area contributed by atoms with E-state index in [2.05, 4.69) is 10.4 Å². The molecule has 0 fully saturated rings. The Kier molecular flexibility index (Phi) is 5.36. The third-order valence-corrected chi connectivity index (χ3v) is 2.87. The predicted molar refractivity (Wildman–Crippen MR) is 69.6 cm³/mol. The smallest absolute Gasteiger partial charge is 0.326 e. The summed E-state index contributed by atoms with van der Waals surface area (Å²) in [5, 5.41) is 34.5. The van der Waals surface area contributed by atoms with Crippen molar-refractivity contribution in [3.63, 3.8) is 0 Å². The van der Waals surface area contributed by atoms with Gasteiger partial charge in [-0.3, -0.25) is 19.6 Å². The molecule has 0 saturated carbocycles. The molecule has 1 atom stereocenters. The third kappa shape index (κ3) is 3.99. The van der Waals surface area contributed by atoms with Crippen molar-refractivity contribution in [3.05, 3.63) is 21.5 Å². The molecule has 1 rings (SSSR count). The second kappa shape index (κ2) is 6.79. The molecule has 0 aliphatic rings. The van der Waals surface area contributed by atoms with Gasteiger partial charge in [-0.2, -0.15) is 5.10 Å². The number of nitrogens with zero attached hydrogens (tertiary/aromatic N) is 3. The monoisotopic (exact) mass is 300 g/mol. The molecule has 1 amide bonds. The zero-order valence-electron chi connectivity index (χ0n) is 11.6. The molecule has 1 heterocycles. The van der Waals surface area contributed by atoms with E-state index in [1.54, 1.807) is 0 Å². The van der Waals surface area contributed by atoms with E-state index >= 15 is 0 Å². The number of hydrogen-bond acceptors (Lipinski definition) is 6. The van der Waals surface area contributed by atoms with Gasteiger partial charge in [-0.15, -0.1) is 0 Å². The largest absolute Gasteiger partial charge is 0.480 e. The summed E-state index contributed by atoms with van der Waals surface area (Å²) in [6, 6.07) is -1.21. The maximum atomic E-state index is 11.8. The highest BCUT2D eigenvalue weighted by atomic mass is 16.6. The maximum Gasteiger partial charge on any atom is 0.326 e. The summed E-state index contributed by atoms with van der Waals surface area (Å²) >= 11 is 0. The van der Waals surface area contributed by atoms with E-state index in [0.29, 0.717) is 0 Å². The zero-order chi connectivity index (χ0) is 16.2. The van der Waals surface area contributed by atoms with E-state index in [-0.39, 0.29) is 36.6 Å². The fourth-order valence-electron chi connectivity index (χ4n) is 1.87. The van der Waals surface area contributed by atoms with Crippen molar-refractivity contribution in [1.82, 2.24) is 15.1 Å². The number of hydrogen-bond donors (Lipinski definition) is 3. The van der Waals surface area contributed by atoms with Gasteiger partial charge in [0.1, 0.15) is 24.0 Å². The van der Waals surface area contributed by atoms with Crippen molar-refractivity contribution >= 4 is 17.6 Å². The second-order valence-electron chi connectivity index (χ2n) is 4.40. The first-order chi connectivity index (χ1) is 9.77. The fourth-order valence-corrected chi connectivity index (χ4v) is 1.87. The van der Waals surface area contributed by atoms with Gasteiger partial charge in [0.05, 0.1) is 4.92 Å². The number of aliphatic carboxylic acids is 1. The van der Waals surface area contributed by atoms with Crippen molar-refractivity contribution in [3.8, 4) is 0 Å². The second-order valence-corrected chi connectivity index (χ2v) is 4.40. The van der Waals surface area contributed by atoms with E-state index in [0.717, 1.165) is 4.68 Å². The maximum absolute atomic E-state index is 11.8. The number of aliphatic hydroxyl groups excluding tert-OH is 1. The minimum absolute atomic E-state index is 0.127. The van der Waals surface area contributed by atoms with Crippen molar-refractivity contribution in [2.24, 2.45) is 0 Å². The summed E-state index contributed by atoms with van der Waals surface area (Å²) in [6.45, 7) is 2.18. The first kappa shape index (κ1) is 16.6. The van der Waals surface area contributed by atoms with Crippen LogP contribution in [0.3, 0.4) is 0 Å². The molecule has 0 radical (unpaired) electrons. The van der Waals surface area contributed by atoms with Gasteiger partial charge in [-0.25, -0.2) is 4.79 Å². The lowest BCUT2D eigenvalue weighted by atomic mass is 10.2. The Morgan fingerprint density at radius 3 is 2.52 bits per heavy atom. The van der Waals surface area contributed by atoms with Crippen molar-refractivity contribution < 1.29 is 24.7 Å². The highest BCUT2D eigenvalue weighted by Crippen LogP contribution is 2.21. The molecule has 0 bridgehead atoms. The number of carbonyl (C=O) groups excluding carboxylic acids is 1. The van der Waals surface area contributed by atoms with Crippen molar-refractivity contribution in [1.29, 1.82) is 0 Å². The van der Waals surface area contributed by atoms with Crippen LogP contribution in [0.25, 0.3) is 0 Å². The summed E-state index contributed by atoms with van der Waals surface area (Å²) < 4.78 is 1.14. The molecule has 3 N–H and O–H groups in total. The van der Waals surface area contributed by atoms with Gasteiger partial charge in [0.25, 0.3) is 0 Å². The van der Waals surface area contributed by atoms with Crippen LogP contribution >= 0.6 is 0 Å². The average Bonchev–Trinajstić information content (AvgIpc) is 2.63. The van der Waals surface area contributed by atoms with Gasteiger partial charge in [-0.05, 0) is 13.8 Å². The van der Waals surface area contributed by atoms with E-state index < -0.39 is 22.8 Å². The molecule has 0 aliphatic carbocycles. The first-order valence-electron chi connectivity index (χ1n) is 6.09. The standard InChI is InChI=1S/C11H16N4O6/c1-6-10(15(20)21)7(2)14(13-6)5-9(17)12-8(3-4-16)11(18)19/h8,16H,3-5H2,1-2H3,(H,12,17)(H,18,19)/t8-/m1/s1. The molecule has 0 saturated heterocycles. The van der Waals surface area contributed by atoms with Crippen LogP contribution < -0.4 is 5.32 Å². The summed E-state index contributed by atoms with van der Waals surface area (Å²) in [6.07, 6.45) is -0.127. The number of carboxylic acids is 1. The van der Waals surface area contributed by atoms with Crippen LogP contribution in [-0.2, 0) is 16.1 Å². The van der Waals surface area contributed by atoms with Crippen LogP contribution in [0.5, 0.6) is 0 Å². The number of nitrogens with one attached hydrogen (secondary N) is 1. The number of nitro groups is 1. The van der Waals surface area contributed by atoms with Gasteiger partial charge >= 0.3 is 11.7 Å². The summed E-state index contributed by atoms with van der Waals surface area (Å²) in [5.74, 6) is -1.92. The lowest BCUT2D eigenvalue weighted by Gasteiger charge is -2.13. The molecule has 0 unspecified atom stereocenters. The predicted octanol–water partition coefficient (Wildman–Crippen LogP) is -0.640. The Labute approximate surface area is 119 Å². The number of carbonyl (C=O) groups is 2. The molecule has 21 heavy (non-hydrogen) atoms. The minimum atomic E-state index is -1.27. The van der Waals surface area contributed by atoms with Crippen molar-refractivity contribution in [2.45, 2.75) is 32.9 Å². The lowest BCUT2D eigenvalue weighted by Crippen LogP contribution is -2.43. The topological polar surface area (TPSA) is 148 Å². The van der Waals surface area contributed by atoms with Gasteiger partial charge in [-0.1, -0.05) is 0 Å². The molecule has 116 valence electrons. The number of aromatic nitrogens is 2. The Hall–Kier alpha value is -2.49. The molecule has 0 spiro atoms. The van der Waals surface area contributed by atoms with E-state index in [1.807, 2.05) is 0 Å². The molecular weight excluding hydrogens is 284 g/mol. The highest BCUT2D eigenvalue weighted by molar-refractivity contribution is 5.83. The van der Waals surface area contributed by atoms with Gasteiger partial charge in [0.15, 0.2) is 0 Å². The average molecular weight is 300 g/mol. The number of carboxylic acid groups (broad SMARTS) is 1.